The van der Waals surface area contributed by atoms with Crippen molar-refractivity contribution >= 4 is 32.4 Å². The fourth-order valence-corrected chi connectivity index (χ4v) is 5.52. The summed E-state index contributed by atoms with van der Waals surface area (Å²) >= 11 is 0. The van der Waals surface area contributed by atoms with E-state index in [1.165, 1.54) is 22.5 Å². The second-order valence-electron chi connectivity index (χ2n) is 7.43. The minimum atomic E-state index is -3.81. The van der Waals surface area contributed by atoms with Gasteiger partial charge in [-0.3, -0.25) is 14.9 Å². The van der Waals surface area contributed by atoms with E-state index in [-0.39, 0.29) is 42.7 Å². The zero-order valence-electron chi connectivity index (χ0n) is 16.9. The highest BCUT2D eigenvalue weighted by Crippen LogP contribution is 2.26. The number of nitro groups is 1. The SMILES string of the molecule is Cc1cc([N+](=O)[O-])ccc1S(=O)(=O)N1CCN(C(=O)c2cccc3ccccc23)CC1. The lowest BCUT2D eigenvalue weighted by Gasteiger charge is -2.34. The van der Waals surface area contributed by atoms with Gasteiger partial charge in [-0.05, 0) is 35.4 Å². The van der Waals surface area contributed by atoms with E-state index in [9.17, 15) is 23.3 Å². The Kier molecular flexibility index (Phi) is 5.47. The van der Waals surface area contributed by atoms with Crippen LogP contribution in [-0.2, 0) is 10.0 Å². The van der Waals surface area contributed by atoms with E-state index in [0.717, 1.165) is 10.8 Å². The van der Waals surface area contributed by atoms with Crippen LogP contribution in [0.2, 0.25) is 0 Å². The van der Waals surface area contributed by atoms with Gasteiger partial charge in [0.25, 0.3) is 11.6 Å². The minimum Gasteiger partial charge on any atom is -0.336 e. The molecule has 3 aromatic carbocycles. The van der Waals surface area contributed by atoms with Crippen LogP contribution in [0.3, 0.4) is 0 Å². The van der Waals surface area contributed by atoms with Crippen molar-refractivity contribution in [1.82, 2.24) is 9.21 Å². The number of hydrogen-bond acceptors (Lipinski definition) is 5. The molecule has 1 fully saturated rings. The van der Waals surface area contributed by atoms with Crippen molar-refractivity contribution in [1.29, 1.82) is 0 Å². The Morgan fingerprint density at radius 2 is 1.65 bits per heavy atom. The Hall–Kier alpha value is -3.30. The quantitative estimate of drug-likeness (QED) is 0.459. The molecule has 1 amide bonds. The van der Waals surface area contributed by atoms with Crippen LogP contribution in [-0.4, -0.2) is 54.6 Å². The molecule has 160 valence electrons. The number of carbonyl (C=O) groups is 1. The summed E-state index contributed by atoms with van der Waals surface area (Å²) in [5.74, 6) is -0.125. The predicted octanol–water partition coefficient (Wildman–Crippen LogP) is 3.20. The van der Waals surface area contributed by atoms with Crippen molar-refractivity contribution in [2.45, 2.75) is 11.8 Å². The van der Waals surface area contributed by atoms with Crippen LogP contribution in [0.25, 0.3) is 10.8 Å². The first-order valence-corrected chi connectivity index (χ1v) is 11.3. The summed E-state index contributed by atoms with van der Waals surface area (Å²) in [5.41, 5.74) is 0.769. The maximum atomic E-state index is 13.1. The van der Waals surface area contributed by atoms with Crippen molar-refractivity contribution in [3.05, 3.63) is 81.9 Å². The fourth-order valence-electron chi connectivity index (χ4n) is 3.89. The third-order valence-electron chi connectivity index (χ3n) is 5.53. The molecule has 0 spiro atoms. The summed E-state index contributed by atoms with van der Waals surface area (Å²) in [4.78, 5) is 25.2. The first kappa shape index (κ1) is 21.0. The van der Waals surface area contributed by atoms with Crippen molar-refractivity contribution in [2.24, 2.45) is 0 Å². The molecule has 1 aliphatic rings. The molecule has 0 radical (unpaired) electrons. The Balaban J connectivity index is 1.52. The lowest BCUT2D eigenvalue weighted by Crippen LogP contribution is -2.50. The molecule has 0 bridgehead atoms. The molecule has 0 aromatic heterocycles. The number of piperazine rings is 1. The maximum Gasteiger partial charge on any atom is 0.269 e. The van der Waals surface area contributed by atoms with Gasteiger partial charge in [-0.1, -0.05) is 36.4 Å². The van der Waals surface area contributed by atoms with Crippen molar-refractivity contribution in [3.63, 3.8) is 0 Å². The largest absolute Gasteiger partial charge is 0.336 e. The third kappa shape index (κ3) is 3.89. The van der Waals surface area contributed by atoms with E-state index in [2.05, 4.69) is 0 Å². The number of carbonyl (C=O) groups excluding carboxylic acids is 1. The topological polar surface area (TPSA) is 101 Å². The van der Waals surface area contributed by atoms with E-state index in [1.54, 1.807) is 17.9 Å². The van der Waals surface area contributed by atoms with Crippen LogP contribution in [0.15, 0.2) is 65.6 Å². The molecule has 9 heteroatoms. The highest BCUT2D eigenvalue weighted by atomic mass is 32.2. The first-order chi connectivity index (χ1) is 14.8. The number of rotatable bonds is 4. The van der Waals surface area contributed by atoms with Crippen molar-refractivity contribution in [2.75, 3.05) is 26.2 Å². The molecule has 0 N–H and O–H groups in total. The summed E-state index contributed by atoms with van der Waals surface area (Å²) in [6.45, 7) is 2.41. The zero-order chi connectivity index (χ0) is 22.2. The average Bonchev–Trinajstić information content (AvgIpc) is 2.78. The summed E-state index contributed by atoms with van der Waals surface area (Å²) < 4.78 is 27.5. The standard InChI is InChI=1S/C22H21N3O5S/c1-16-15-18(25(27)28)9-10-21(16)31(29,30)24-13-11-23(12-14-24)22(26)20-8-4-6-17-5-2-3-7-19(17)20/h2-10,15H,11-14H2,1H3. The molecule has 0 aliphatic carbocycles. The van der Waals surface area contributed by atoms with Crippen LogP contribution in [0.5, 0.6) is 0 Å². The van der Waals surface area contributed by atoms with E-state index in [1.807, 2.05) is 36.4 Å². The maximum absolute atomic E-state index is 13.1. The van der Waals surface area contributed by atoms with Crippen molar-refractivity contribution in [3.8, 4) is 0 Å². The molecule has 0 saturated carbocycles. The normalized spacial score (nSPS) is 15.2. The lowest BCUT2D eigenvalue weighted by atomic mass is 10.0. The van der Waals surface area contributed by atoms with Gasteiger partial charge in [0.05, 0.1) is 9.82 Å². The van der Waals surface area contributed by atoms with Gasteiger partial charge in [-0.25, -0.2) is 8.42 Å². The number of aryl methyl sites for hydroxylation is 1. The summed E-state index contributed by atoms with van der Waals surface area (Å²) in [6, 6.07) is 17.0. The Morgan fingerprint density at radius 3 is 2.32 bits per heavy atom. The number of nitro benzene ring substituents is 1. The molecule has 31 heavy (non-hydrogen) atoms. The van der Waals surface area contributed by atoms with Crippen LogP contribution in [0, 0.1) is 17.0 Å². The molecule has 3 aromatic rings. The van der Waals surface area contributed by atoms with Crippen LogP contribution < -0.4 is 0 Å². The van der Waals surface area contributed by atoms with Gasteiger partial charge in [0, 0.05) is 43.9 Å². The number of non-ortho nitro benzene ring substituents is 1. The number of nitrogens with zero attached hydrogens (tertiary/aromatic N) is 3. The molecule has 0 unspecified atom stereocenters. The molecule has 1 saturated heterocycles. The Labute approximate surface area is 179 Å². The van der Waals surface area contributed by atoms with Gasteiger partial charge in [-0.2, -0.15) is 4.31 Å². The van der Waals surface area contributed by atoms with E-state index < -0.39 is 14.9 Å². The highest BCUT2D eigenvalue weighted by molar-refractivity contribution is 7.89. The highest BCUT2D eigenvalue weighted by Gasteiger charge is 2.32. The molecule has 1 aliphatic heterocycles. The number of amides is 1. The summed E-state index contributed by atoms with van der Waals surface area (Å²) in [6.07, 6.45) is 0. The van der Waals surface area contributed by atoms with Crippen molar-refractivity contribution < 1.29 is 18.1 Å². The second kappa shape index (κ2) is 8.09. The van der Waals surface area contributed by atoms with Gasteiger partial charge in [0.2, 0.25) is 10.0 Å². The van der Waals surface area contributed by atoms with E-state index in [0.29, 0.717) is 11.1 Å². The molecular weight excluding hydrogens is 418 g/mol. The summed E-state index contributed by atoms with van der Waals surface area (Å²) in [5, 5.41) is 12.8. The van der Waals surface area contributed by atoms with Gasteiger partial charge >= 0.3 is 0 Å². The van der Waals surface area contributed by atoms with Gasteiger partial charge in [0.15, 0.2) is 0 Å². The van der Waals surface area contributed by atoms with E-state index >= 15 is 0 Å². The zero-order valence-corrected chi connectivity index (χ0v) is 17.7. The first-order valence-electron chi connectivity index (χ1n) is 9.81. The number of benzene rings is 3. The monoisotopic (exact) mass is 439 g/mol. The smallest absolute Gasteiger partial charge is 0.269 e. The number of sulfonamides is 1. The predicted molar refractivity (Wildman–Crippen MR) is 116 cm³/mol. The lowest BCUT2D eigenvalue weighted by molar-refractivity contribution is -0.385. The average molecular weight is 439 g/mol. The Bertz CT molecular complexity index is 1280. The van der Waals surface area contributed by atoms with Crippen LogP contribution in [0.1, 0.15) is 15.9 Å². The van der Waals surface area contributed by atoms with Gasteiger partial charge < -0.3 is 4.90 Å². The molecule has 4 rings (SSSR count). The second-order valence-corrected chi connectivity index (χ2v) is 9.34. The summed E-state index contributed by atoms with van der Waals surface area (Å²) in [7, 11) is -3.81. The molecule has 0 atom stereocenters. The van der Waals surface area contributed by atoms with Crippen LogP contribution >= 0.6 is 0 Å². The van der Waals surface area contributed by atoms with Gasteiger partial charge in [0.1, 0.15) is 0 Å². The number of hydrogen-bond donors (Lipinski definition) is 0. The third-order valence-corrected chi connectivity index (χ3v) is 7.59. The van der Waals surface area contributed by atoms with Gasteiger partial charge in [-0.15, -0.1) is 0 Å². The number of fused-ring (bicyclic) bond motifs is 1. The molecule has 8 nitrogen and oxygen atoms in total. The Morgan fingerprint density at radius 1 is 0.968 bits per heavy atom. The molecule has 1 heterocycles. The van der Waals surface area contributed by atoms with E-state index in [4.69, 9.17) is 0 Å². The minimum absolute atomic E-state index is 0.0481. The molecular formula is C22H21N3O5S. The fraction of sp³-hybridized carbons (Fsp3) is 0.227. The van der Waals surface area contributed by atoms with Crippen LogP contribution in [0.4, 0.5) is 5.69 Å².